The second-order valence-electron chi connectivity index (χ2n) is 6.34. The predicted molar refractivity (Wildman–Crippen MR) is 106 cm³/mol. The minimum absolute atomic E-state index is 0.00154. The van der Waals surface area contributed by atoms with E-state index in [2.05, 4.69) is 10.3 Å². The summed E-state index contributed by atoms with van der Waals surface area (Å²) in [6, 6.07) is 6.27. The number of nitrogens with one attached hydrogen (secondary N) is 1. The van der Waals surface area contributed by atoms with Crippen LogP contribution in [0.1, 0.15) is 49.5 Å². The van der Waals surface area contributed by atoms with Gasteiger partial charge in [0.25, 0.3) is 5.91 Å². The second kappa shape index (κ2) is 8.97. The summed E-state index contributed by atoms with van der Waals surface area (Å²) in [5.74, 6) is -1.53. The van der Waals surface area contributed by atoms with Crippen molar-refractivity contribution in [3.8, 4) is 0 Å². The summed E-state index contributed by atoms with van der Waals surface area (Å²) in [7, 11) is 0. The zero-order valence-electron chi connectivity index (χ0n) is 21.2. The maximum atomic E-state index is 15.9. The van der Waals surface area contributed by atoms with Gasteiger partial charge in [-0.2, -0.15) is 0 Å². The number of hydrogen-bond acceptors (Lipinski definition) is 3. The predicted octanol–water partition coefficient (Wildman–Crippen LogP) is 4.17. The van der Waals surface area contributed by atoms with Gasteiger partial charge in [-0.05, 0) is 36.2 Å². The smallest absolute Gasteiger partial charge is 0.253 e. The lowest BCUT2D eigenvalue weighted by atomic mass is 9.92. The molecule has 0 bridgehead atoms. The van der Waals surface area contributed by atoms with Crippen LogP contribution < -0.4 is 5.32 Å². The molecule has 28 heavy (non-hydrogen) atoms. The molecule has 0 spiro atoms. The second-order valence-corrected chi connectivity index (χ2v) is 6.74. The maximum absolute atomic E-state index is 15.9. The molecule has 150 valence electrons. The van der Waals surface area contributed by atoms with E-state index >= 15 is 4.39 Å². The zero-order valence-corrected chi connectivity index (χ0v) is 16.0. The van der Waals surface area contributed by atoms with Crippen LogP contribution >= 0.6 is 11.6 Å². The molecule has 1 aliphatic rings. The van der Waals surface area contributed by atoms with E-state index in [1.165, 1.54) is 13.1 Å². The number of halogens is 3. The summed E-state index contributed by atoms with van der Waals surface area (Å²) in [4.78, 5) is 17.7. The summed E-state index contributed by atoms with van der Waals surface area (Å²) < 4.78 is 77.7. The monoisotopic (exact) mass is 413 g/mol. The minimum Gasteiger partial charge on any atom is -0.338 e. The van der Waals surface area contributed by atoms with E-state index < -0.39 is 56.1 Å². The number of carbonyl (C=O) groups is 1. The van der Waals surface area contributed by atoms with Crippen LogP contribution in [0.3, 0.4) is 0 Å². The molecule has 4 nitrogen and oxygen atoms in total. The molecule has 3 rings (SSSR count). The molecule has 1 N–H and O–H groups in total. The molecule has 1 aliphatic heterocycles. The van der Waals surface area contributed by atoms with E-state index in [1.807, 2.05) is 0 Å². The molecular formula is C21H24ClF2N3O. The van der Waals surface area contributed by atoms with Gasteiger partial charge in [-0.1, -0.05) is 24.6 Å². The highest BCUT2D eigenvalue weighted by Gasteiger charge is 2.35. The molecule has 1 amide bonds. The van der Waals surface area contributed by atoms with Crippen LogP contribution in [-0.2, 0) is 12.9 Å². The van der Waals surface area contributed by atoms with E-state index in [-0.39, 0.29) is 17.1 Å². The van der Waals surface area contributed by atoms with Crippen LogP contribution in [0, 0.1) is 5.82 Å². The van der Waals surface area contributed by atoms with E-state index in [0.717, 1.165) is 23.1 Å². The molecule has 2 aromatic rings. The van der Waals surface area contributed by atoms with E-state index in [0.29, 0.717) is 11.3 Å². The minimum atomic E-state index is -2.97. The Bertz CT molecular complexity index is 1050. The number of carbonyl (C=O) groups excluding carboxylic acids is 1. The van der Waals surface area contributed by atoms with E-state index in [4.69, 9.17) is 19.8 Å². The van der Waals surface area contributed by atoms with Gasteiger partial charge in [-0.15, -0.1) is 0 Å². The van der Waals surface area contributed by atoms with Crippen molar-refractivity contribution in [1.29, 1.82) is 0 Å². The number of amides is 1. The van der Waals surface area contributed by atoms with Crippen molar-refractivity contribution in [2.45, 2.75) is 38.3 Å². The average Bonchev–Trinajstić information content (AvgIpc) is 2.73. The van der Waals surface area contributed by atoms with Crippen LogP contribution in [0.2, 0.25) is 5.02 Å². The summed E-state index contributed by atoms with van der Waals surface area (Å²) in [5, 5.41) is 2.39. The highest BCUT2D eigenvalue weighted by Crippen LogP contribution is 2.27. The van der Waals surface area contributed by atoms with Crippen LogP contribution in [-0.4, -0.2) is 41.1 Å². The van der Waals surface area contributed by atoms with Crippen LogP contribution in [0.4, 0.5) is 8.78 Å². The molecular weight excluding hydrogens is 384 g/mol. The van der Waals surface area contributed by atoms with Gasteiger partial charge in [0.2, 0.25) is 0 Å². The standard InChI is InChI=1S/C21H24ClF2N3O/c1-2-15-3-5-17(26-12-15)13-25-14-21(24)7-9-27(10-8-21)20(28)16-4-6-19(23)18(22)11-16/h3-6,11-12,25H,2,7-10,13-14H2,1H3/i2D2,7D2,8D2. The lowest BCUT2D eigenvalue weighted by molar-refractivity contribution is 0.0434. The number of piperidine rings is 1. The van der Waals surface area contributed by atoms with Crippen LogP contribution in [0.15, 0.2) is 36.5 Å². The number of benzene rings is 1. The number of nitrogens with zero attached hydrogens (tertiary/aromatic N) is 2. The number of likely N-dealkylation sites (tertiary alicyclic amines) is 1. The molecule has 1 aromatic heterocycles. The van der Waals surface area contributed by atoms with Crippen molar-refractivity contribution in [2.24, 2.45) is 0 Å². The number of aromatic nitrogens is 1. The Balaban J connectivity index is 1.72. The first-order chi connectivity index (χ1) is 15.6. The third-order valence-corrected chi connectivity index (χ3v) is 4.63. The molecule has 0 aliphatic carbocycles. The molecule has 7 heteroatoms. The quantitative estimate of drug-likeness (QED) is 0.773. The summed E-state index contributed by atoms with van der Waals surface area (Å²) in [6.07, 6.45) is -5.72. The Kier molecular flexibility index (Phi) is 4.49. The fourth-order valence-corrected chi connectivity index (χ4v) is 2.86. The fourth-order valence-electron chi connectivity index (χ4n) is 2.68. The van der Waals surface area contributed by atoms with Crippen molar-refractivity contribution in [3.63, 3.8) is 0 Å². The van der Waals surface area contributed by atoms with Gasteiger partial charge in [-0.3, -0.25) is 9.78 Å². The molecule has 1 aromatic carbocycles. The third-order valence-electron chi connectivity index (χ3n) is 4.34. The van der Waals surface area contributed by atoms with Gasteiger partial charge in [0.15, 0.2) is 0 Å². The zero-order chi connectivity index (χ0) is 25.5. The van der Waals surface area contributed by atoms with E-state index in [1.54, 1.807) is 12.1 Å². The highest BCUT2D eigenvalue weighted by molar-refractivity contribution is 6.31. The van der Waals surface area contributed by atoms with Gasteiger partial charge in [0.1, 0.15) is 11.5 Å². The van der Waals surface area contributed by atoms with Crippen LogP contribution in [0.25, 0.3) is 0 Å². The molecule has 0 saturated carbocycles. The highest BCUT2D eigenvalue weighted by atomic mass is 35.5. The number of alkyl halides is 1. The first-order valence-electron chi connectivity index (χ1n) is 11.7. The summed E-state index contributed by atoms with van der Waals surface area (Å²) >= 11 is 5.71. The SMILES string of the molecule is [2H]C([2H])(C)c1ccc(CNCC2(F)C([2H])([2H])CN(C(=O)c3ccc(F)c(Cl)c3)CC2([2H])[2H])nc1. The molecule has 0 radical (unpaired) electrons. The van der Waals surface area contributed by atoms with E-state index in [9.17, 15) is 9.18 Å². The first-order valence-corrected chi connectivity index (χ1v) is 9.05. The van der Waals surface area contributed by atoms with Gasteiger partial charge >= 0.3 is 0 Å². The topological polar surface area (TPSA) is 45.2 Å². The summed E-state index contributed by atoms with van der Waals surface area (Å²) in [6.45, 7) is -0.716. The van der Waals surface area contributed by atoms with Crippen molar-refractivity contribution >= 4 is 17.5 Å². The van der Waals surface area contributed by atoms with Crippen LogP contribution in [0.5, 0.6) is 0 Å². The van der Waals surface area contributed by atoms with Crippen molar-refractivity contribution in [2.75, 3.05) is 19.6 Å². The number of pyridine rings is 1. The largest absolute Gasteiger partial charge is 0.338 e. The number of rotatable bonds is 6. The number of aryl methyl sites for hydroxylation is 1. The Labute approximate surface area is 177 Å². The average molecular weight is 414 g/mol. The van der Waals surface area contributed by atoms with Gasteiger partial charge in [0.05, 0.1) is 10.7 Å². The molecule has 1 fully saturated rings. The maximum Gasteiger partial charge on any atom is 0.253 e. The molecule has 1 saturated heterocycles. The third kappa shape index (κ3) is 5.06. The van der Waals surface area contributed by atoms with Gasteiger partial charge in [0, 0.05) is 58.9 Å². The Hall–Kier alpha value is -2.05. The molecule has 2 heterocycles. The Morgan fingerprint density at radius 3 is 2.75 bits per heavy atom. The van der Waals surface area contributed by atoms with Crippen molar-refractivity contribution in [1.82, 2.24) is 15.2 Å². The Morgan fingerprint density at radius 1 is 1.39 bits per heavy atom. The number of hydrogen-bond donors (Lipinski definition) is 1. The normalized spacial score (nSPS) is 23.5. The van der Waals surface area contributed by atoms with Crippen molar-refractivity contribution in [3.05, 3.63) is 64.2 Å². The van der Waals surface area contributed by atoms with Crippen molar-refractivity contribution < 1.29 is 21.8 Å². The lowest BCUT2D eigenvalue weighted by Crippen LogP contribution is -2.48. The summed E-state index contributed by atoms with van der Waals surface area (Å²) in [5.41, 5.74) is -2.23. The van der Waals surface area contributed by atoms with Gasteiger partial charge < -0.3 is 10.2 Å². The lowest BCUT2D eigenvalue weighted by Gasteiger charge is -2.36. The first kappa shape index (κ1) is 14.0. The molecule has 0 unspecified atom stereocenters. The fraction of sp³-hybridized carbons (Fsp3) is 0.429. The Morgan fingerprint density at radius 2 is 2.14 bits per heavy atom. The van der Waals surface area contributed by atoms with Gasteiger partial charge in [-0.25, -0.2) is 8.78 Å². The molecule has 0 atom stereocenters.